The molecule has 1 N–H and O–H groups in total. The average Bonchev–Trinajstić information content (AvgIpc) is 2.50. The SMILES string of the molecule is CNCC1CCN(CCOc2ccccc2OC)CC1.Cl. The second kappa shape index (κ2) is 9.87. The maximum atomic E-state index is 5.83. The highest BCUT2D eigenvalue weighted by Gasteiger charge is 2.18. The van der Waals surface area contributed by atoms with Crippen LogP contribution in [0.4, 0.5) is 0 Å². The van der Waals surface area contributed by atoms with E-state index in [9.17, 15) is 0 Å². The first-order valence-electron chi connectivity index (χ1n) is 7.46. The number of halogens is 1. The standard InChI is InChI=1S/C16H26N2O2.ClH/c1-17-13-14-7-9-18(10-8-14)11-12-20-16-6-4-3-5-15(16)19-2;/h3-6,14,17H,7-13H2,1-2H3;1H. The monoisotopic (exact) mass is 314 g/mol. The molecule has 0 aliphatic carbocycles. The lowest BCUT2D eigenvalue weighted by molar-refractivity contribution is 0.153. The molecule has 0 saturated carbocycles. The number of methoxy groups -OCH3 is 1. The van der Waals surface area contributed by atoms with Gasteiger partial charge < -0.3 is 14.8 Å². The molecule has 1 fully saturated rings. The van der Waals surface area contributed by atoms with Crippen LogP contribution in [0.15, 0.2) is 24.3 Å². The Morgan fingerprint density at radius 1 is 1.19 bits per heavy atom. The van der Waals surface area contributed by atoms with E-state index >= 15 is 0 Å². The highest BCUT2D eigenvalue weighted by molar-refractivity contribution is 5.85. The van der Waals surface area contributed by atoms with E-state index in [1.165, 1.54) is 25.9 Å². The quantitative estimate of drug-likeness (QED) is 0.838. The van der Waals surface area contributed by atoms with Crippen molar-refractivity contribution in [3.05, 3.63) is 24.3 Å². The summed E-state index contributed by atoms with van der Waals surface area (Å²) in [6.07, 6.45) is 2.57. The summed E-state index contributed by atoms with van der Waals surface area (Å²) in [6.45, 7) is 5.22. The number of piperidine rings is 1. The third-order valence-electron chi connectivity index (χ3n) is 3.93. The molecule has 0 radical (unpaired) electrons. The molecule has 5 heteroatoms. The predicted molar refractivity (Wildman–Crippen MR) is 88.8 cm³/mol. The third-order valence-corrected chi connectivity index (χ3v) is 3.93. The minimum atomic E-state index is 0. The largest absolute Gasteiger partial charge is 0.493 e. The Hall–Kier alpha value is -0.970. The van der Waals surface area contributed by atoms with Gasteiger partial charge in [0.15, 0.2) is 11.5 Å². The maximum Gasteiger partial charge on any atom is 0.161 e. The van der Waals surface area contributed by atoms with E-state index in [1.54, 1.807) is 7.11 Å². The Bertz CT molecular complexity index is 396. The summed E-state index contributed by atoms with van der Waals surface area (Å²) in [6, 6.07) is 7.82. The van der Waals surface area contributed by atoms with Crippen LogP contribution in [0.25, 0.3) is 0 Å². The smallest absolute Gasteiger partial charge is 0.161 e. The molecule has 0 unspecified atom stereocenters. The van der Waals surface area contributed by atoms with Crippen LogP contribution in [0, 0.1) is 5.92 Å². The summed E-state index contributed by atoms with van der Waals surface area (Å²) < 4.78 is 11.1. The van der Waals surface area contributed by atoms with Crippen LogP contribution in [0.5, 0.6) is 11.5 Å². The van der Waals surface area contributed by atoms with Gasteiger partial charge >= 0.3 is 0 Å². The molecular weight excluding hydrogens is 288 g/mol. The minimum absolute atomic E-state index is 0. The number of rotatable bonds is 7. The van der Waals surface area contributed by atoms with Crippen molar-refractivity contribution in [2.45, 2.75) is 12.8 Å². The number of likely N-dealkylation sites (tertiary alicyclic amines) is 1. The zero-order chi connectivity index (χ0) is 14.2. The predicted octanol–water partition coefficient (Wildman–Crippen LogP) is 2.43. The van der Waals surface area contributed by atoms with Crippen molar-refractivity contribution in [2.24, 2.45) is 5.92 Å². The lowest BCUT2D eigenvalue weighted by Crippen LogP contribution is -2.38. The first-order valence-corrected chi connectivity index (χ1v) is 7.46. The van der Waals surface area contributed by atoms with E-state index in [0.717, 1.165) is 37.1 Å². The van der Waals surface area contributed by atoms with Gasteiger partial charge in [0, 0.05) is 6.54 Å². The lowest BCUT2D eigenvalue weighted by Gasteiger charge is -2.31. The van der Waals surface area contributed by atoms with Crippen LogP contribution in [-0.4, -0.2) is 51.8 Å². The Labute approximate surface area is 134 Å². The van der Waals surface area contributed by atoms with Gasteiger partial charge in [-0.05, 0) is 57.6 Å². The van der Waals surface area contributed by atoms with Crippen molar-refractivity contribution < 1.29 is 9.47 Å². The molecule has 1 aliphatic rings. The van der Waals surface area contributed by atoms with Gasteiger partial charge in [-0.1, -0.05) is 12.1 Å². The van der Waals surface area contributed by atoms with Gasteiger partial charge in [0.1, 0.15) is 6.61 Å². The normalized spacial score (nSPS) is 16.3. The van der Waals surface area contributed by atoms with Gasteiger partial charge in [0.2, 0.25) is 0 Å². The Morgan fingerprint density at radius 2 is 1.86 bits per heavy atom. The number of hydrogen-bond donors (Lipinski definition) is 1. The molecule has 0 atom stereocenters. The van der Waals surface area contributed by atoms with E-state index < -0.39 is 0 Å². The summed E-state index contributed by atoms with van der Waals surface area (Å²) in [4.78, 5) is 2.49. The number of ether oxygens (including phenoxy) is 2. The van der Waals surface area contributed by atoms with Crippen LogP contribution < -0.4 is 14.8 Å². The summed E-state index contributed by atoms with van der Waals surface area (Å²) >= 11 is 0. The molecule has 0 bridgehead atoms. The fourth-order valence-corrected chi connectivity index (χ4v) is 2.73. The van der Waals surface area contributed by atoms with Gasteiger partial charge in [0.05, 0.1) is 7.11 Å². The second-order valence-electron chi connectivity index (χ2n) is 5.34. The zero-order valence-electron chi connectivity index (χ0n) is 13.0. The topological polar surface area (TPSA) is 33.7 Å². The van der Waals surface area contributed by atoms with Crippen LogP contribution in [-0.2, 0) is 0 Å². The molecule has 0 amide bonds. The Balaban J connectivity index is 0.00000220. The molecular formula is C16H27ClN2O2. The minimum Gasteiger partial charge on any atom is -0.493 e. The average molecular weight is 315 g/mol. The van der Waals surface area contributed by atoms with Crippen molar-refractivity contribution >= 4 is 12.4 Å². The van der Waals surface area contributed by atoms with Crippen molar-refractivity contribution in [2.75, 3.05) is 46.9 Å². The van der Waals surface area contributed by atoms with Gasteiger partial charge in [-0.15, -0.1) is 12.4 Å². The van der Waals surface area contributed by atoms with Crippen molar-refractivity contribution in [3.8, 4) is 11.5 Å². The number of hydrogen-bond acceptors (Lipinski definition) is 4. The number of nitrogens with zero attached hydrogens (tertiary/aromatic N) is 1. The van der Waals surface area contributed by atoms with Crippen LogP contribution in [0.1, 0.15) is 12.8 Å². The van der Waals surface area contributed by atoms with E-state index in [2.05, 4.69) is 10.2 Å². The highest BCUT2D eigenvalue weighted by atomic mass is 35.5. The Morgan fingerprint density at radius 3 is 2.48 bits per heavy atom. The summed E-state index contributed by atoms with van der Waals surface area (Å²) in [7, 11) is 3.71. The number of nitrogens with one attached hydrogen (secondary N) is 1. The van der Waals surface area contributed by atoms with Crippen molar-refractivity contribution in [3.63, 3.8) is 0 Å². The molecule has 1 saturated heterocycles. The number of para-hydroxylation sites is 2. The van der Waals surface area contributed by atoms with Gasteiger partial charge in [-0.3, -0.25) is 4.90 Å². The molecule has 1 aliphatic heterocycles. The van der Waals surface area contributed by atoms with E-state index in [-0.39, 0.29) is 12.4 Å². The molecule has 1 heterocycles. The van der Waals surface area contributed by atoms with Crippen molar-refractivity contribution in [1.82, 2.24) is 10.2 Å². The molecule has 1 aromatic carbocycles. The van der Waals surface area contributed by atoms with Gasteiger partial charge in [-0.2, -0.15) is 0 Å². The highest BCUT2D eigenvalue weighted by Crippen LogP contribution is 2.25. The van der Waals surface area contributed by atoms with Gasteiger partial charge in [0.25, 0.3) is 0 Å². The fraction of sp³-hybridized carbons (Fsp3) is 0.625. The van der Waals surface area contributed by atoms with Crippen molar-refractivity contribution in [1.29, 1.82) is 0 Å². The summed E-state index contributed by atoms with van der Waals surface area (Å²) in [5, 5.41) is 3.27. The molecule has 0 aromatic heterocycles. The molecule has 4 nitrogen and oxygen atoms in total. The fourth-order valence-electron chi connectivity index (χ4n) is 2.73. The molecule has 2 rings (SSSR count). The van der Waals surface area contributed by atoms with E-state index in [4.69, 9.17) is 9.47 Å². The maximum absolute atomic E-state index is 5.83. The van der Waals surface area contributed by atoms with E-state index in [0.29, 0.717) is 0 Å². The van der Waals surface area contributed by atoms with Crippen LogP contribution in [0.2, 0.25) is 0 Å². The van der Waals surface area contributed by atoms with Gasteiger partial charge in [-0.25, -0.2) is 0 Å². The third kappa shape index (κ3) is 5.73. The summed E-state index contributed by atoms with van der Waals surface area (Å²) in [5.41, 5.74) is 0. The molecule has 0 spiro atoms. The first kappa shape index (κ1) is 18.1. The van der Waals surface area contributed by atoms with Crippen LogP contribution in [0.3, 0.4) is 0 Å². The molecule has 1 aromatic rings. The molecule has 21 heavy (non-hydrogen) atoms. The zero-order valence-corrected chi connectivity index (χ0v) is 13.8. The second-order valence-corrected chi connectivity index (χ2v) is 5.34. The Kier molecular flexibility index (Phi) is 8.50. The van der Waals surface area contributed by atoms with Crippen LogP contribution >= 0.6 is 12.4 Å². The first-order chi connectivity index (χ1) is 9.83. The lowest BCUT2D eigenvalue weighted by atomic mass is 9.97. The number of benzene rings is 1. The molecule has 120 valence electrons. The van der Waals surface area contributed by atoms with E-state index in [1.807, 2.05) is 31.3 Å². The summed E-state index contributed by atoms with van der Waals surface area (Å²) in [5.74, 6) is 2.48.